The summed E-state index contributed by atoms with van der Waals surface area (Å²) in [6, 6.07) is 4.18. The van der Waals surface area contributed by atoms with Crippen molar-refractivity contribution < 1.29 is 13.2 Å². The van der Waals surface area contributed by atoms with Gasteiger partial charge in [-0.1, -0.05) is 17.7 Å². The summed E-state index contributed by atoms with van der Waals surface area (Å²) in [7, 11) is -3.23. The lowest BCUT2D eigenvalue weighted by atomic mass is 10.0. The van der Waals surface area contributed by atoms with Crippen molar-refractivity contribution in [3.8, 4) is 0 Å². The third-order valence-electron chi connectivity index (χ3n) is 4.11. The van der Waals surface area contributed by atoms with Crippen molar-refractivity contribution in [1.29, 1.82) is 0 Å². The molecule has 0 atom stereocenters. The Morgan fingerprint density at radius 2 is 1.71 bits per heavy atom. The normalized spacial score (nSPS) is 17.1. The van der Waals surface area contributed by atoms with Crippen LogP contribution >= 0.6 is 0 Å². The zero-order chi connectivity index (χ0) is 15.5. The maximum Gasteiger partial charge on any atom is 0.212 e. The lowest BCUT2D eigenvalue weighted by Crippen LogP contribution is -2.32. The van der Waals surface area contributed by atoms with Crippen molar-refractivity contribution in [3.05, 3.63) is 34.4 Å². The summed E-state index contributed by atoms with van der Waals surface area (Å²) < 4.78 is 32.4. The Kier molecular flexibility index (Phi) is 5.41. The van der Waals surface area contributed by atoms with Gasteiger partial charge >= 0.3 is 0 Å². The van der Waals surface area contributed by atoms with E-state index in [0.29, 0.717) is 19.8 Å². The summed E-state index contributed by atoms with van der Waals surface area (Å²) in [4.78, 5) is 0. The van der Waals surface area contributed by atoms with Gasteiger partial charge in [-0.2, -0.15) is 0 Å². The molecule has 0 spiro atoms. The van der Waals surface area contributed by atoms with Crippen molar-refractivity contribution in [1.82, 2.24) is 4.72 Å². The molecule has 2 rings (SSSR count). The fourth-order valence-electron chi connectivity index (χ4n) is 2.95. The van der Waals surface area contributed by atoms with Gasteiger partial charge in [0.1, 0.15) is 0 Å². The first kappa shape index (κ1) is 16.5. The van der Waals surface area contributed by atoms with Gasteiger partial charge in [-0.05, 0) is 56.2 Å². The molecule has 0 saturated carbocycles. The average molecular weight is 311 g/mol. The Hall–Kier alpha value is -0.910. The number of sulfonamides is 1. The van der Waals surface area contributed by atoms with Gasteiger partial charge in [0.2, 0.25) is 10.0 Å². The van der Waals surface area contributed by atoms with Gasteiger partial charge in [-0.25, -0.2) is 13.1 Å². The summed E-state index contributed by atoms with van der Waals surface area (Å²) in [5.41, 5.74) is 4.57. The van der Waals surface area contributed by atoms with Crippen molar-refractivity contribution >= 4 is 10.0 Å². The molecule has 1 aromatic carbocycles. The summed E-state index contributed by atoms with van der Waals surface area (Å²) in [5, 5.41) is 0. The minimum Gasteiger partial charge on any atom is -0.381 e. The van der Waals surface area contributed by atoms with E-state index in [1.807, 2.05) is 13.8 Å². The van der Waals surface area contributed by atoms with Crippen LogP contribution < -0.4 is 4.72 Å². The van der Waals surface area contributed by atoms with Gasteiger partial charge in [0, 0.05) is 19.8 Å². The first-order valence-corrected chi connectivity index (χ1v) is 9.14. The first-order chi connectivity index (χ1) is 9.87. The maximum absolute atomic E-state index is 12.2. The molecular formula is C16H25NO3S. The Balaban J connectivity index is 1.98. The fraction of sp³-hybridized carbons (Fsp3) is 0.625. The molecule has 1 saturated heterocycles. The van der Waals surface area contributed by atoms with Crippen LogP contribution in [0, 0.1) is 26.7 Å². The monoisotopic (exact) mass is 311 g/mol. The van der Waals surface area contributed by atoms with Gasteiger partial charge in [-0.15, -0.1) is 0 Å². The number of benzene rings is 1. The molecule has 21 heavy (non-hydrogen) atoms. The van der Waals surface area contributed by atoms with E-state index >= 15 is 0 Å². The minimum absolute atomic E-state index is 0.209. The van der Waals surface area contributed by atoms with Gasteiger partial charge < -0.3 is 4.74 Å². The number of ether oxygens (including phenoxy) is 1. The third kappa shape index (κ3) is 4.80. The van der Waals surface area contributed by atoms with Crippen molar-refractivity contribution in [2.45, 2.75) is 40.2 Å². The largest absolute Gasteiger partial charge is 0.381 e. The SMILES string of the molecule is Cc1cc(C)c(CNS(=O)(=O)CC2CCOCC2)c(C)c1. The predicted octanol–water partition coefficient (Wildman–Crippen LogP) is 2.46. The standard InChI is InChI=1S/C16H25NO3S/c1-12-8-13(2)16(14(3)9-12)10-17-21(18,19)11-15-4-6-20-7-5-15/h8-9,15,17H,4-7,10-11H2,1-3H3. The quantitative estimate of drug-likeness (QED) is 0.909. The van der Waals surface area contributed by atoms with Gasteiger partial charge in [-0.3, -0.25) is 0 Å². The van der Waals surface area contributed by atoms with Crippen LogP contribution in [0.1, 0.15) is 35.1 Å². The third-order valence-corrected chi connectivity index (χ3v) is 5.60. The van der Waals surface area contributed by atoms with E-state index in [1.165, 1.54) is 5.56 Å². The second kappa shape index (κ2) is 6.90. The van der Waals surface area contributed by atoms with Crippen LogP contribution in [0.4, 0.5) is 0 Å². The molecule has 5 heteroatoms. The van der Waals surface area contributed by atoms with Crippen molar-refractivity contribution in [2.75, 3.05) is 19.0 Å². The van der Waals surface area contributed by atoms with Crippen molar-refractivity contribution in [3.63, 3.8) is 0 Å². The second-order valence-electron chi connectivity index (χ2n) is 6.04. The Morgan fingerprint density at radius 3 is 2.29 bits per heavy atom. The van der Waals surface area contributed by atoms with Crippen LogP contribution in [-0.2, 0) is 21.3 Å². The molecule has 1 N–H and O–H groups in total. The van der Waals surface area contributed by atoms with Gasteiger partial charge in [0.15, 0.2) is 0 Å². The summed E-state index contributed by atoms with van der Waals surface area (Å²) in [6.45, 7) is 7.85. The van der Waals surface area contributed by atoms with Crippen LogP contribution in [0.15, 0.2) is 12.1 Å². The van der Waals surface area contributed by atoms with E-state index in [9.17, 15) is 8.42 Å². The van der Waals surface area contributed by atoms with E-state index in [1.54, 1.807) is 0 Å². The zero-order valence-corrected chi connectivity index (χ0v) is 13.9. The summed E-state index contributed by atoms with van der Waals surface area (Å²) in [5.74, 6) is 0.428. The van der Waals surface area contributed by atoms with E-state index in [4.69, 9.17) is 4.74 Å². The first-order valence-electron chi connectivity index (χ1n) is 7.49. The topological polar surface area (TPSA) is 55.4 Å². The van der Waals surface area contributed by atoms with E-state index < -0.39 is 10.0 Å². The van der Waals surface area contributed by atoms with Crippen LogP contribution in [0.3, 0.4) is 0 Å². The lowest BCUT2D eigenvalue weighted by Gasteiger charge is -2.22. The Labute approximate surface area is 127 Å². The van der Waals surface area contributed by atoms with Gasteiger partial charge in [0.05, 0.1) is 5.75 Å². The number of nitrogens with one attached hydrogen (secondary N) is 1. The molecule has 0 radical (unpaired) electrons. The molecule has 1 fully saturated rings. The molecule has 0 unspecified atom stereocenters. The highest BCUT2D eigenvalue weighted by atomic mass is 32.2. The van der Waals surface area contributed by atoms with E-state index in [2.05, 4.69) is 23.8 Å². The van der Waals surface area contributed by atoms with E-state index in [0.717, 1.165) is 29.5 Å². The van der Waals surface area contributed by atoms with Crippen LogP contribution in [-0.4, -0.2) is 27.4 Å². The number of rotatable bonds is 5. The molecule has 1 heterocycles. The molecular weight excluding hydrogens is 286 g/mol. The minimum atomic E-state index is -3.23. The molecule has 0 aliphatic carbocycles. The zero-order valence-electron chi connectivity index (χ0n) is 13.1. The smallest absolute Gasteiger partial charge is 0.212 e. The van der Waals surface area contributed by atoms with Crippen LogP contribution in [0.25, 0.3) is 0 Å². The molecule has 118 valence electrons. The average Bonchev–Trinajstić information content (AvgIpc) is 2.37. The Bertz CT molecular complexity index is 567. The molecule has 4 nitrogen and oxygen atoms in total. The molecule has 0 aromatic heterocycles. The summed E-state index contributed by atoms with van der Waals surface area (Å²) >= 11 is 0. The Morgan fingerprint density at radius 1 is 1.14 bits per heavy atom. The molecule has 0 amide bonds. The molecule has 1 aliphatic heterocycles. The predicted molar refractivity (Wildman–Crippen MR) is 84.8 cm³/mol. The summed E-state index contributed by atoms with van der Waals surface area (Å²) in [6.07, 6.45) is 1.67. The van der Waals surface area contributed by atoms with Crippen LogP contribution in [0.2, 0.25) is 0 Å². The highest BCUT2D eigenvalue weighted by molar-refractivity contribution is 7.89. The number of hydrogen-bond donors (Lipinski definition) is 1. The molecule has 0 bridgehead atoms. The fourth-order valence-corrected chi connectivity index (χ4v) is 4.39. The lowest BCUT2D eigenvalue weighted by molar-refractivity contribution is 0.0723. The van der Waals surface area contributed by atoms with Crippen LogP contribution in [0.5, 0.6) is 0 Å². The highest BCUT2D eigenvalue weighted by Crippen LogP contribution is 2.18. The molecule has 1 aromatic rings. The number of aryl methyl sites for hydroxylation is 3. The molecule has 1 aliphatic rings. The van der Waals surface area contributed by atoms with E-state index in [-0.39, 0.29) is 11.7 Å². The van der Waals surface area contributed by atoms with Gasteiger partial charge in [0.25, 0.3) is 0 Å². The second-order valence-corrected chi connectivity index (χ2v) is 7.89. The number of hydrogen-bond acceptors (Lipinski definition) is 3. The van der Waals surface area contributed by atoms with Crippen molar-refractivity contribution in [2.24, 2.45) is 5.92 Å². The maximum atomic E-state index is 12.2. The highest BCUT2D eigenvalue weighted by Gasteiger charge is 2.21.